The van der Waals surface area contributed by atoms with E-state index in [2.05, 4.69) is 73.7 Å². The van der Waals surface area contributed by atoms with E-state index in [9.17, 15) is 0 Å². The Kier molecular flexibility index (Phi) is 5.39. The summed E-state index contributed by atoms with van der Waals surface area (Å²) in [5.41, 5.74) is 3.83. The highest BCUT2D eigenvalue weighted by molar-refractivity contribution is 5.46. The molecule has 1 heterocycles. The Bertz CT molecular complexity index is 542. The van der Waals surface area contributed by atoms with Crippen molar-refractivity contribution >= 4 is 5.69 Å². The van der Waals surface area contributed by atoms with Crippen LogP contribution in [0, 0.1) is 0 Å². The largest absolute Gasteiger partial charge is 0.378 e. The number of nitrogens with one attached hydrogen (secondary N) is 1. The monoisotopic (exact) mass is 286 g/mol. The fraction of sp³-hybridized carbons (Fsp3) is 0.471. The molecule has 0 aliphatic rings. The van der Waals surface area contributed by atoms with Crippen LogP contribution < -0.4 is 10.2 Å². The van der Waals surface area contributed by atoms with Crippen LogP contribution in [0.4, 0.5) is 5.69 Å². The molecule has 1 unspecified atom stereocenters. The molecule has 1 aromatic heterocycles. The van der Waals surface area contributed by atoms with Gasteiger partial charge < -0.3 is 10.2 Å². The average Bonchev–Trinajstić information content (AvgIpc) is 2.94. The summed E-state index contributed by atoms with van der Waals surface area (Å²) in [5.74, 6) is 0. The van der Waals surface area contributed by atoms with E-state index in [0.717, 1.165) is 19.5 Å². The van der Waals surface area contributed by atoms with Gasteiger partial charge in [0.15, 0.2) is 0 Å². The van der Waals surface area contributed by atoms with Gasteiger partial charge in [0.05, 0.1) is 6.20 Å². The van der Waals surface area contributed by atoms with Gasteiger partial charge in [0.1, 0.15) is 0 Å². The van der Waals surface area contributed by atoms with Crippen molar-refractivity contribution in [3.63, 3.8) is 0 Å². The van der Waals surface area contributed by atoms with Gasteiger partial charge in [0, 0.05) is 38.6 Å². The Morgan fingerprint density at radius 2 is 1.90 bits per heavy atom. The molecule has 1 aromatic carbocycles. The third kappa shape index (κ3) is 4.08. The fourth-order valence-electron chi connectivity index (χ4n) is 2.48. The number of aryl methyl sites for hydroxylation is 1. The first-order valence-corrected chi connectivity index (χ1v) is 7.66. The van der Waals surface area contributed by atoms with Gasteiger partial charge in [-0.1, -0.05) is 19.1 Å². The summed E-state index contributed by atoms with van der Waals surface area (Å²) < 4.78 is 1.98. The minimum Gasteiger partial charge on any atom is -0.378 e. The average molecular weight is 286 g/mol. The minimum atomic E-state index is 0.334. The molecule has 2 aromatic rings. The van der Waals surface area contributed by atoms with Crippen molar-refractivity contribution < 1.29 is 0 Å². The van der Waals surface area contributed by atoms with Crippen molar-refractivity contribution in [2.75, 3.05) is 25.5 Å². The lowest BCUT2D eigenvalue weighted by Gasteiger charge is -2.19. The number of anilines is 1. The first-order valence-electron chi connectivity index (χ1n) is 7.66. The van der Waals surface area contributed by atoms with Crippen LogP contribution in [0.2, 0.25) is 0 Å². The second-order valence-electron chi connectivity index (χ2n) is 5.50. The molecule has 1 atom stereocenters. The predicted octanol–water partition coefficient (Wildman–Crippen LogP) is 2.86. The van der Waals surface area contributed by atoms with Crippen LogP contribution in [0.5, 0.6) is 0 Å². The summed E-state index contributed by atoms with van der Waals surface area (Å²) in [7, 11) is 4.13. The highest BCUT2D eigenvalue weighted by Gasteiger charge is 2.12. The molecule has 0 bridgehead atoms. The number of hydrogen-bond donors (Lipinski definition) is 1. The first-order chi connectivity index (χ1) is 10.1. The number of benzene rings is 1. The zero-order valence-corrected chi connectivity index (χ0v) is 13.5. The topological polar surface area (TPSA) is 33.1 Å². The first kappa shape index (κ1) is 15.6. The van der Waals surface area contributed by atoms with Crippen LogP contribution in [-0.4, -0.2) is 30.4 Å². The lowest BCUT2D eigenvalue weighted by atomic mass is 10.0. The number of likely N-dealkylation sites (N-methyl/N-ethyl adjacent to an activating group) is 1. The van der Waals surface area contributed by atoms with Gasteiger partial charge in [-0.25, -0.2) is 0 Å². The van der Waals surface area contributed by atoms with Crippen molar-refractivity contribution in [2.45, 2.75) is 32.9 Å². The van der Waals surface area contributed by atoms with Gasteiger partial charge in [-0.2, -0.15) is 5.10 Å². The Morgan fingerprint density at radius 1 is 1.19 bits per heavy atom. The Hall–Kier alpha value is -1.81. The summed E-state index contributed by atoms with van der Waals surface area (Å²) >= 11 is 0. The van der Waals surface area contributed by atoms with Crippen molar-refractivity contribution in [1.29, 1.82) is 0 Å². The number of aromatic nitrogens is 2. The third-order valence-electron chi connectivity index (χ3n) is 3.71. The Balaban J connectivity index is 2.13. The molecule has 0 saturated carbocycles. The lowest BCUT2D eigenvalue weighted by Crippen LogP contribution is -2.23. The standard InChI is InChI=1S/C17H26N4/c1-5-18-17(11-14-12-19-21(6-2)13-14)15-7-9-16(10-8-15)20(3)4/h7-10,12-13,17-18H,5-6,11H2,1-4H3. The van der Waals surface area contributed by atoms with Gasteiger partial charge in [-0.3, -0.25) is 4.68 Å². The van der Waals surface area contributed by atoms with Crippen molar-refractivity contribution in [2.24, 2.45) is 0 Å². The van der Waals surface area contributed by atoms with E-state index >= 15 is 0 Å². The second kappa shape index (κ2) is 7.27. The number of hydrogen-bond acceptors (Lipinski definition) is 3. The van der Waals surface area contributed by atoms with Gasteiger partial charge in [0.25, 0.3) is 0 Å². The van der Waals surface area contributed by atoms with Gasteiger partial charge in [0.2, 0.25) is 0 Å². The van der Waals surface area contributed by atoms with E-state index in [1.54, 1.807) is 0 Å². The molecule has 0 saturated heterocycles. The Labute approximate surface area is 127 Å². The molecule has 0 aliphatic heterocycles. The molecular weight excluding hydrogens is 260 g/mol. The zero-order valence-electron chi connectivity index (χ0n) is 13.5. The van der Waals surface area contributed by atoms with E-state index in [1.165, 1.54) is 16.8 Å². The number of rotatable bonds is 7. The predicted molar refractivity (Wildman–Crippen MR) is 88.8 cm³/mol. The Morgan fingerprint density at radius 3 is 2.43 bits per heavy atom. The van der Waals surface area contributed by atoms with E-state index in [4.69, 9.17) is 0 Å². The van der Waals surface area contributed by atoms with Crippen LogP contribution >= 0.6 is 0 Å². The smallest absolute Gasteiger partial charge is 0.0522 e. The molecule has 1 N–H and O–H groups in total. The van der Waals surface area contributed by atoms with E-state index < -0.39 is 0 Å². The molecule has 114 valence electrons. The highest BCUT2D eigenvalue weighted by Crippen LogP contribution is 2.21. The maximum Gasteiger partial charge on any atom is 0.0522 e. The molecule has 0 amide bonds. The van der Waals surface area contributed by atoms with Gasteiger partial charge in [-0.05, 0) is 43.1 Å². The fourth-order valence-corrected chi connectivity index (χ4v) is 2.48. The molecule has 0 aliphatic carbocycles. The lowest BCUT2D eigenvalue weighted by molar-refractivity contribution is 0.549. The highest BCUT2D eigenvalue weighted by atomic mass is 15.3. The summed E-state index contributed by atoms with van der Waals surface area (Å²) in [6.45, 7) is 6.14. The molecule has 4 heteroatoms. The summed E-state index contributed by atoms with van der Waals surface area (Å²) in [5, 5.41) is 7.93. The zero-order chi connectivity index (χ0) is 15.2. The summed E-state index contributed by atoms with van der Waals surface area (Å²) in [6.07, 6.45) is 5.08. The molecule has 0 spiro atoms. The third-order valence-corrected chi connectivity index (χ3v) is 3.71. The van der Waals surface area contributed by atoms with E-state index in [1.807, 2.05) is 10.9 Å². The van der Waals surface area contributed by atoms with Crippen LogP contribution in [0.1, 0.15) is 31.0 Å². The van der Waals surface area contributed by atoms with Crippen LogP contribution in [0.3, 0.4) is 0 Å². The maximum atomic E-state index is 4.36. The van der Waals surface area contributed by atoms with Crippen LogP contribution in [-0.2, 0) is 13.0 Å². The van der Waals surface area contributed by atoms with Gasteiger partial charge in [-0.15, -0.1) is 0 Å². The maximum absolute atomic E-state index is 4.36. The van der Waals surface area contributed by atoms with Crippen LogP contribution in [0.25, 0.3) is 0 Å². The number of nitrogens with zero attached hydrogens (tertiary/aromatic N) is 3. The molecule has 0 radical (unpaired) electrons. The second-order valence-corrected chi connectivity index (χ2v) is 5.50. The summed E-state index contributed by atoms with van der Waals surface area (Å²) in [6, 6.07) is 9.12. The minimum absolute atomic E-state index is 0.334. The van der Waals surface area contributed by atoms with Crippen LogP contribution in [0.15, 0.2) is 36.7 Å². The van der Waals surface area contributed by atoms with Crippen molar-refractivity contribution in [3.8, 4) is 0 Å². The normalized spacial score (nSPS) is 12.4. The quantitative estimate of drug-likeness (QED) is 0.849. The van der Waals surface area contributed by atoms with E-state index in [-0.39, 0.29) is 0 Å². The molecular formula is C17H26N4. The summed E-state index contributed by atoms with van der Waals surface area (Å²) in [4.78, 5) is 2.12. The molecule has 2 rings (SSSR count). The van der Waals surface area contributed by atoms with Gasteiger partial charge >= 0.3 is 0 Å². The van der Waals surface area contributed by atoms with Crippen molar-refractivity contribution in [3.05, 3.63) is 47.8 Å². The molecule has 4 nitrogen and oxygen atoms in total. The molecule has 0 fully saturated rings. The molecule has 21 heavy (non-hydrogen) atoms. The SMILES string of the molecule is CCNC(Cc1cnn(CC)c1)c1ccc(N(C)C)cc1. The van der Waals surface area contributed by atoms with Crippen molar-refractivity contribution in [1.82, 2.24) is 15.1 Å². The van der Waals surface area contributed by atoms with E-state index in [0.29, 0.717) is 6.04 Å².